The second kappa shape index (κ2) is 7.95. The highest BCUT2D eigenvalue weighted by atomic mass is 35.5. The number of fused-ring (bicyclic) bond motifs is 1. The number of halogens is 1. The van der Waals surface area contributed by atoms with E-state index in [1.165, 1.54) is 11.9 Å². The molecule has 0 unspecified atom stereocenters. The number of nitrogens with zero attached hydrogens (tertiary/aromatic N) is 3. The molecule has 6 nitrogen and oxygen atoms in total. The van der Waals surface area contributed by atoms with Crippen molar-refractivity contribution >= 4 is 34.1 Å². The normalized spacial score (nSPS) is 16.0. The number of para-hydroxylation sites is 1. The molecule has 2 aromatic carbocycles. The van der Waals surface area contributed by atoms with Gasteiger partial charge in [-0.05, 0) is 36.8 Å². The maximum absolute atomic E-state index is 12.4. The number of hydrogen-bond acceptors (Lipinski definition) is 5. The fourth-order valence-electron chi connectivity index (χ4n) is 3.82. The first-order valence-electron chi connectivity index (χ1n) is 9.58. The van der Waals surface area contributed by atoms with E-state index in [0.717, 1.165) is 33.3 Å². The predicted molar refractivity (Wildman–Crippen MR) is 117 cm³/mol. The summed E-state index contributed by atoms with van der Waals surface area (Å²) in [5.41, 5.74) is 4.19. The summed E-state index contributed by atoms with van der Waals surface area (Å²) >= 11 is 6.58. The Morgan fingerprint density at radius 1 is 1.17 bits per heavy atom. The van der Waals surface area contributed by atoms with Crippen molar-refractivity contribution in [2.24, 2.45) is 5.10 Å². The summed E-state index contributed by atoms with van der Waals surface area (Å²) < 4.78 is 10.9. The zero-order valence-corrected chi connectivity index (χ0v) is 18.0. The molecular formula is C23H22ClN3O3. The van der Waals surface area contributed by atoms with Crippen molar-refractivity contribution in [1.82, 2.24) is 9.99 Å². The third-order valence-electron chi connectivity index (χ3n) is 5.34. The van der Waals surface area contributed by atoms with E-state index in [0.29, 0.717) is 23.1 Å². The van der Waals surface area contributed by atoms with Crippen LogP contribution in [0.3, 0.4) is 0 Å². The van der Waals surface area contributed by atoms with Crippen LogP contribution in [0, 0.1) is 6.92 Å². The van der Waals surface area contributed by atoms with Gasteiger partial charge < -0.3 is 9.47 Å². The van der Waals surface area contributed by atoms with Gasteiger partial charge >= 0.3 is 0 Å². The zero-order valence-electron chi connectivity index (χ0n) is 17.3. The van der Waals surface area contributed by atoms with Crippen molar-refractivity contribution in [3.63, 3.8) is 0 Å². The summed E-state index contributed by atoms with van der Waals surface area (Å²) in [6.07, 6.45) is 0.488. The molecular weight excluding hydrogens is 402 g/mol. The number of benzene rings is 2. The minimum Gasteiger partial charge on any atom is -0.497 e. The van der Waals surface area contributed by atoms with Crippen molar-refractivity contribution in [1.29, 1.82) is 0 Å². The van der Waals surface area contributed by atoms with Gasteiger partial charge in [0.2, 0.25) is 5.91 Å². The molecule has 154 valence electrons. The molecule has 1 aliphatic rings. The summed E-state index contributed by atoms with van der Waals surface area (Å²) in [7, 11) is 3.21. The number of rotatable bonds is 4. The molecule has 0 N–H and O–H groups in total. The van der Waals surface area contributed by atoms with Gasteiger partial charge in [0.25, 0.3) is 0 Å². The number of carbonyl (C=O) groups is 1. The van der Waals surface area contributed by atoms with E-state index in [-0.39, 0.29) is 11.9 Å². The van der Waals surface area contributed by atoms with Gasteiger partial charge in [0.15, 0.2) is 0 Å². The molecule has 30 heavy (non-hydrogen) atoms. The molecule has 0 fully saturated rings. The van der Waals surface area contributed by atoms with Crippen LogP contribution < -0.4 is 9.47 Å². The van der Waals surface area contributed by atoms with E-state index in [1.807, 2.05) is 49.4 Å². The molecule has 2 heterocycles. The lowest BCUT2D eigenvalue weighted by atomic mass is 9.97. The number of aromatic nitrogens is 1. The standard InChI is InChI=1S/C23H22ClN3O3/c1-13-6-5-7-15-10-18(23(24)25-22(13)15)20-12-19(26-27(20)14(2)28)17-11-16(29-3)8-9-21(17)30-4/h5-11,20H,12H2,1-4H3/t20-/m1/s1. The Morgan fingerprint density at radius 3 is 2.67 bits per heavy atom. The lowest BCUT2D eigenvalue weighted by molar-refractivity contribution is -0.130. The molecule has 0 aliphatic carbocycles. The molecule has 1 amide bonds. The topological polar surface area (TPSA) is 64.0 Å². The van der Waals surface area contributed by atoms with Crippen LogP contribution in [-0.4, -0.2) is 35.8 Å². The van der Waals surface area contributed by atoms with Crippen LogP contribution >= 0.6 is 11.6 Å². The monoisotopic (exact) mass is 423 g/mol. The molecule has 0 spiro atoms. The van der Waals surface area contributed by atoms with E-state index < -0.39 is 0 Å². The van der Waals surface area contributed by atoms with E-state index in [2.05, 4.69) is 10.1 Å². The molecule has 3 aromatic rings. The molecule has 0 bridgehead atoms. The average molecular weight is 424 g/mol. The van der Waals surface area contributed by atoms with E-state index in [1.54, 1.807) is 14.2 Å². The first-order valence-corrected chi connectivity index (χ1v) is 9.96. The van der Waals surface area contributed by atoms with Crippen LogP contribution in [0.4, 0.5) is 0 Å². The fourth-order valence-corrected chi connectivity index (χ4v) is 4.08. The van der Waals surface area contributed by atoms with Crippen molar-refractivity contribution in [2.75, 3.05) is 14.2 Å². The minimum atomic E-state index is -0.349. The molecule has 1 aliphatic heterocycles. The zero-order chi connectivity index (χ0) is 21.4. The first kappa shape index (κ1) is 20.2. The Labute approximate surface area is 180 Å². The van der Waals surface area contributed by atoms with E-state index in [9.17, 15) is 4.79 Å². The number of amides is 1. The molecule has 0 saturated heterocycles. The summed E-state index contributed by atoms with van der Waals surface area (Å²) in [6.45, 7) is 3.49. The van der Waals surface area contributed by atoms with Gasteiger partial charge in [0, 0.05) is 29.9 Å². The quantitative estimate of drug-likeness (QED) is 0.559. The number of methoxy groups -OCH3 is 2. The van der Waals surface area contributed by atoms with Gasteiger partial charge in [-0.25, -0.2) is 9.99 Å². The maximum Gasteiger partial charge on any atom is 0.240 e. The van der Waals surface area contributed by atoms with Gasteiger partial charge in [-0.2, -0.15) is 5.10 Å². The first-order chi connectivity index (χ1) is 14.4. The van der Waals surface area contributed by atoms with Crippen LogP contribution in [0.15, 0.2) is 47.6 Å². The van der Waals surface area contributed by atoms with E-state index >= 15 is 0 Å². The van der Waals surface area contributed by atoms with Crippen LogP contribution in [0.2, 0.25) is 5.15 Å². The second-order valence-electron chi connectivity index (χ2n) is 7.21. The fraction of sp³-hybridized carbons (Fsp3) is 0.261. The minimum absolute atomic E-state index is 0.169. The molecule has 7 heteroatoms. The van der Waals surface area contributed by atoms with Crippen molar-refractivity contribution in [3.8, 4) is 11.5 Å². The van der Waals surface area contributed by atoms with Crippen LogP contribution in [0.5, 0.6) is 11.5 Å². The van der Waals surface area contributed by atoms with Gasteiger partial charge in [-0.1, -0.05) is 29.8 Å². The summed E-state index contributed by atoms with van der Waals surface area (Å²) in [5, 5.41) is 7.44. The van der Waals surface area contributed by atoms with Crippen molar-refractivity contribution in [3.05, 3.63) is 64.3 Å². The van der Waals surface area contributed by atoms with Crippen LogP contribution in [0.25, 0.3) is 10.9 Å². The van der Waals surface area contributed by atoms with Gasteiger partial charge in [0.1, 0.15) is 16.7 Å². The molecule has 0 saturated carbocycles. The Kier molecular flexibility index (Phi) is 5.35. The Hall–Kier alpha value is -3.12. The molecule has 1 aromatic heterocycles. The summed E-state index contributed by atoms with van der Waals surface area (Å²) in [6, 6.07) is 13.1. The number of aryl methyl sites for hydroxylation is 1. The molecule has 4 rings (SSSR count). The Morgan fingerprint density at radius 2 is 1.97 bits per heavy atom. The largest absolute Gasteiger partial charge is 0.497 e. The second-order valence-corrected chi connectivity index (χ2v) is 7.57. The Bertz CT molecular complexity index is 1180. The number of ether oxygens (including phenoxy) is 2. The number of hydrazone groups is 1. The van der Waals surface area contributed by atoms with Crippen molar-refractivity contribution in [2.45, 2.75) is 26.3 Å². The number of pyridine rings is 1. The van der Waals surface area contributed by atoms with Gasteiger partial charge in [-0.3, -0.25) is 4.79 Å². The smallest absolute Gasteiger partial charge is 0.240 e. The third kappa shape index (κ3) is 3.48. The number of hydrogen-bond donors (Lipinski definition) is 0. The SMILES string of the molecule is COc1ccc(OC)c(C2=NN(C(C)=O)[C@@H](c3cc4cccc(C)c4nc3Cl)C2)c1. The highest BCUT2D eigenvalue weighted by Crippen LogP contribution is 2.39. The maximum atomic E-state index is 12.4. The summed E-state index contributed by atoms with van der Waals surface area (Å²) in [5.74, 6) is 1.18. The van der Waals surface area contributed by atoms with Crippen molar-refractivity contribution < 1.29 is 14.3 Å². The average Bonchev–Trinajstić information content (AvgIpc) is 3.19. The Balaban J connectivity index is 1.80. The molecule has 1 atom stereocenters. The highest BCUT2D eigenvalue weighted by molar-refractivity contribution is 6.30. The van der Waals surface area contributed by atoms with Gasteiger partial charge in [0.05, 0.1) is 31.5 Å². The number of carbonyl (C=O) groups excluding carboxylic acids is 1. The highest BCUT2D eigenvalue weighted by Gasteiger charge is 2.34. The van der Waals surface area contributed by atoms with Crippen LogP contribution in [0.1, 0.15) is 36.1 Å². The third-order valence-corrected chi connectivity index (χ3v) is 5.64. The summed E-state index contributed by atoms with van der Waals surface area (Å²) in [4.78, 5) is 17.0. The van der Waals surface area contributed by atoms with Gasteiger partial charge in [-0.15, -0.1) is 0 Å². The lowest BCUT2D eigenvalue weighted by Crippen LogP contribution is -2.24. The lowest BCUT2D eigenvalue weighted by Gasteiger charge is -2.21. The predicted octanol–water partition coefficient (Wildman–Crippen LogP) is 4.91. The van der Waals surface area contributed by atoms with Crippen LogP contribution in [-0.2, 0) is 4.79 Å². The molecule has 0 radical (unpaired) electrons. The van der Waals surface area contributed by atoms with E-state index in [4.69, 9.17) is 21.1 Å².